The Morgan fingerprint density at radius 1 is 1.12 bits per heavy atom. The van der Waals surface area contributed by atoms with E-state index in [4.69, 9.17) is 0 Å². The molecule has 0 atom stereocenters. The first-order chi connectivity index (χ1) is 15.3. The molecular formula is C22H24N4O5S. The molecule has 1 aliphatic heterocycles. The number of nitrogens with one attached hydrogen (secondary N) is 1. The van der Waals surface area contributed by atoms with Gasteiger partial charge in [0.1, 0.15) is 0 Å². The van der Waals surface area contributed by atoms with Gasteiger partial charge >= 0.3 is 0 Å². The lowest BCUT2D eigenvalue weighted by molar-refractivity contribution is -0.385. The zero-order valence-electron chi connectivity index (χ0n) is 17.7. The average molecular weight is 457 g/mol. The summed E-state index contributed by atoms with van der Waals surface area (Å²) in [6.45, 7) is 2.51. The minimum Gasteiger partial charge on any atom is -0.361 e. The molecule has 0 unspecified atom stereocenters. The largest absolute Gasteiger partial charge is 0.361 e. The average Bonchev–Trinajstić information content (AvgIpc) is 3.20. The second kappa shape index (κ2) is 8.71. The normalized spacial score (nSPS) is 15.2. The molecule has 0 radical (unpaired) electrons. The van der Waals surface area contributed by atoms with Crippen LogP contribution in [0, 0.1) is 17.0 Å². The van der Waals surface area contributed by atoms with E-state index in [9.17, 15) is 23.3 Å². The number of carbonyl (C=O) groups is 1. The molecule has 0 saturated carbocycles. The van der Waals surface area contributed by atoms with Crippen LogP contribution < -0.4 is 0 Å². The Labute approximate surface area is 185 Å². The molecule has 10 heteroatoms. The van der Waals surface area contributed by atoms with Crippen molar-refractivity contribution in [1.29, 1.82) is 0 Å². The minimum absolute atomic E-state index is 0.0149. The molecule has 0 bridgehead atoms. The van der Waals surface area contributed by atoms with Crippen LogP contribution in [0.1, 0.15) is 17.5 Å². The van der Waals surface area contributed by atoms with E-state index in [2.05, 4.69) is 4.98 Å². The van der Waals surface area contributed by atoms with Crippen molar-refractivity contribution in [2.45, 2.75) is 24.7 Å². The van der Waals surface area contributed by atoms with Crippen LogP contribution in [0.3, 0.4) is 0 Å². The third-order valence-corrected chi connectivity index (χ3v) is 7.92. The summed E-state index contributed by atoms with van der Waals surface area (Å²) < 4.78 is 27.4. The molecule has 0 aliphatic carbocycles. The molecule has 1 fully saturated rings. The van der Waals surface area contributed by atoms with Gasteiger partial charge in [0.05, 0.1) is 9.82 Å². The first-order valence-corrected chi connectivity index (χ1v) is 11.8. The molecule has 3 aromatic rings. The number of fused-ring (bicyclic) bond motifs is 1. The van der Waals surface area contributed by atoms with E-state index in [0.29, 0.717) is 31.5 Å². The van der Waals surface area contributed by atoms with Crippen molar-refractivity contribution in [3.63, 3.8) is 0 Å². The predicted octanol–water partition coefficient (Wildman–Crippen LogP) is 2.85. The Morgan fingerprint density at radius 3 is 2.56 bits per heavy atom. The highest BCUT2D eigenvalue weighted by molar-refractivity contribution is 7.89. The Morgan fingerprint density at radius 2 is 1.84 bits per heavy atom. The summed E-state index contributed by atoms with van der Waals surface area (Å²) in [6, 6.07) is 11.8. The molecule has 1 N–H and O–H groups in total. The maximum Gasteiger partial charge on any atom is 0.270 e. The maximum absolute atomic E-state index is 13.1. The first-order valence-electron chi connectivity index (χ1n) is 10.4. The number of nitro groups is 1. The Kier molecular flexibility index (Phi) is 5.98. The topological polar surface area (TPSA) is 117 Å². The lowest BCUT2D eigenvalue weighted by Gasteiger charge is -2.34. The van der Waals surface area contributed by atoms with E-state index < -0.39 is 14.9 Å². The number of amides is 1. The quantitative estimate of drug-likeness (QED) is 0.452. The van der Waals surface area contributed by atoms with E-state index in [-0.39, 0.29) is 29.6 Å². The number of piperazine rings is 1. The Bertz CT molecular complexity index is 1280. The molecule has 2 aromatic carbocycles. The van der Waals surface area contributed by atoms with Crippen LogP contribution in [-0.2, 0) is 21.2 Å². The van der Waals surface area contributed by atoms with Gasteiger partial charge in [-0.1, -0.05) is 24.3 Å². The number of H-pyrrole nitrogens is 1. The number of non-ortho nitro benzene ring substituents is 1. The molecule has 9 nitrogen and oxygen atoms in total. The first kappa shape index (κ1) is 22.0. The van der Waals surface area contributed by atoms with Gasteiger partial charge in [0.2, 0.25) is 15.9 Å². The number of aromatic amines is 1. The van der Waals surface area contributed by atoms with Crippen LogP contribution in [0.4, 0.5) is 5.69 Å². The van der Waals surface area contributed by atoms with Crippen LogP contribution in [0.5, 0.6) is 0 Å². The van der Waals surface area contributed by atoms with Gasteiger partial charge in [0.15, 0.2) is 0 Å². The van der Waals surface area contributed by atoms with E-state index in [1.807, 2.05) is 30.5 Å². The van der Waals surface area contributed by atoms with Gasteiger partial charge in [0, 0.05) is 61.8 Å². The number of benzene rings is 2. The molecular weight excluding hydrogens is 432 g/mol. The van der Waals surface area contributed by atoms with Crippen molar-refractivity contribution in [3.8, 4) is 0 Å². The number of rotatable bonds is 6. The summed E-state index contributed by atoms with van der Waals surface area (Å²) in [5, 5.41) is 12.2. The highest BCUT2D eigenvalue weighted by Gasteiger charge is 2.32. The fourth-order valence-electron chi connectivity index (χ4n) is 4.04. The third-order valence-electron chi connectivity index (χ3n) is 5.87. The Hall–Kier alpha value is -3.24. The Balaban J connectivity index is 1.38. The van der Waals surface area contributed by atoms with Gasteiger partial charge in [-0.3, -0.25) is 14.9 Å². The van der Waals surface area contributed by atoms with Crippen LogP contribution in [0.25, 0.3) is 10.9 Å². The minimum atomic E-state index is -3.88. The molecule has 1 amide bonds. The van der Waals surface area contributed by atoms with Gasteiger partial charge in [-0.25, -0.2) is 8.42 Å². The third kappa shape index (κ3) is 4.23. The summed E-state index contributed by atoms with van der Waals surface area (Å²) in [4.78, 5) is 28.0. The molecule has 2 heterocycles. The van der Waals surface area contributed by atoms with Gasteiger partial charge in [0.25, 0.3) is 5.69 Å². The zero-order valence-corrected chi connectivity index (χ0v) is 18.5. The SMILES string of the molecule is Cc1ccc([N+](=O)[O-])cc1S(=O)(=O)N1CCN(C(=O)CCc2c[nH]c3ccccc23)CC1. The number of para-hydroxylation sites is 1. The second-order valence-corrected chi connectivity index (χ2v) is 9.76. The van der Waals surface area contributed by atoms with Crippen molar-refractivity contribution in [2.24, 2.45) is 0 Å². The van der Waals surface area contributed by atoms with Gasteiger partial charge in [-0.15, -0.1) is 0 Å². The van der Waals surface area contributed by atoms with Crippen molar-refractivity contribution in [2.75, 3.05) is 26.2 Å². The number of sulfonamides is 1. The summed E-state index contributed by atoms with van der Waals surface area (Å²) in [5.74, 6) is -0.0149. The predicted molar refractivity (Wildman–Crippen MR) is 120 cm³/mol. The second-order valence-electron chi connectivity index (χ2n) is 7.85. The monoisotopic (exact) mass is 456 g/mol. The highest BCUT2D eigenvalue weighted by atomic mass is 32.2. The molecule has 32 heavy (non-hydrogen) atoms. The fourth-order valence-corrected chi connectivity index (χ4v) is 5.70. The van der Waals surface area contributed by atoms with Crippen molar-refractivity contribution >= 4 is 32.5 Å². The number of hydrogen-bond donors (Lipinski definition) is 1. The van der Waals surface area contributed by atoms with E-state index in [1.165, 1.54) is 16.4 Å². The van der Waals surface area contributed by atoms with Crippen LogP contribution in [-0.4, -0.2) is 59.6 Å². The smallest absolute Gasteiger partial charge is 0.270 e. The lowest BCUT2D eigenvalue weighted by Crippen LogP contribution is -2.50. The molecule has 0 spiro atoms. The van der Waals surface area contributed by atoms with E-state index in [0.717, 1.165) is 22.5 Å². The lowest BCUT2D eigenvalue weighted by atomic mass is 10.1. The molecule has 4 rings (SSSR count). The number of nitro benzene ring substituents is 1. The van der Waals surface area contributed by atoms with E-state index >= 15 is 0 Å². The van der Waals surface area contributed by atoms with Crippen molar-refractivity contribution in [1.82, 2.24) is 14.2 Å². The van der Waals surface area contributed by atoms with Crippen molar-refractivity contribution in [3.05, 3.63) is 69.9 Å². The number of nitrogens with zero attached hydrogens (tertiary/aromatic N) is 3. The van der Waals surface area contributed by atoms with Gasteiger partial charge < -0.3 is 9.88 Å². The molecule has 168 valence electrons. The van der Waals surface area contributed by atoms with Gasteiger partial charge in [-0.05, 0) is 30.5 Å². The summed E-state index contributed by atoms with van der Waals surface area (Å²) in [6.07, 6.45) is 2.87. The summed E-state index contributed by atoms with van der Waals surface area (Å²) in [7, 11) is -3.88. The maximum atomic E-state index is 13.1. The molecule has 1 aliphatic rings. The number of carbonyl (C=O) groups excluding carboxylic acids is 1. The summed E-state index contributed by atoms with van der Waals surface area (Å²) >= 11 is 0. The van der Waals surface area contributed by atoms with Gasteiger partial charge in [-0.2, -0.15) is 4.31 Å². The fraction of sp³-hybridized carbons (Fsp3) is 0.318. The number of aromatic nitrogens is 1. The summed E-state index contributed by atoms with van der Waals surface area (Å²) in [5.41, 5.74) is 2.30. The van der Waals surface area contributed by atoms with Crippen molar-refractivity contribution < 1.29 is 18.1 Å². The number of aryl methyl sites for hydroxylation is 2. The number of hydrogen-bond acceptors (Lipinski definition) is 5. The van der Waals surface area contributed by atoms with Crippen LogP contribution in [0.15, 0.2) is 53.6 Å². The standard InChI is InChI=1S/C22H24N4O5S/c1-16-6-8-18(26(28)29)14-21(16)32(30,31)25-12-10-24(11-13-25)22(27)9-7-17-15-23-20-5-3-2-4-19(17)20/h2-6,8,14-15,23H,7,9-13H2,1H3. The molecule has 1 aromatic heterocycles. The van der Waals surface area contributed by atoms with Crippen LogP contribution >= 0.6 is 0 Å². The van der Waals surface area contributed by atoms with Crippen LogP contribution in [0.2, 0.25) is 0 Å². The molecule has 1 saturated heterocycles. The zero-order chi connectivity index (χ0) is 22.9. The van der Waals surface area contributed by atoms with E-state index in [1.54, 1.807) is 11.8 Å². The highest BCUT2D eigenvalue weighted by Crippen LogP contribution is 2.26.